The van der Waals surface area contributed by atoms with Crippen molar-refractivity contribution in [2.24, 2.45) is 0 Å². The molecule has 12 nitrogen and oxygen atoms in total. The maximum Gasteiger partial charge on any atom is 0.339 e. The van der Waals surface area contributed by atoms with Gasteiger partial charge in [-0.25, -0.2) is 19.2 Å². The van der Waals surface area contributed by atoms with E-state index in [1.807, 2.05) is 0 Å². The lowest BCUT2D eigenvalue weighted by molar-refractivity contribution is 0.0682. The van der Waals surface area contributed by atoms with Crippen molar-refractivity contribution in [1.29, 1.82) is 0 Å². The van der Waals surface area contributed by atoms with Gasteiger partial charge in [0, 0.05) is 0 Å². The molecule has 0 amide bonds. The van der Waals surface area contributed by atoms with Crippen LogP contribution in [0.2, 0.25) is 0 Å². The van der Waals surface area contributed by atoms with Crippen molar-refractivity contribution in [3.63, 3.8) is 0 Å². The molecule has 13 heteroatoms. The fourth-order valence-corrected chi connectivity index (χ4v) is 2.62. The van der Waals surface area contributed by atoms with Crippen LogP contribution in [-0.2, 0) is 0 Å². The van der Waals surface area contributed by atoms with E-state index in [4.69, 9.17) is 40.9 Å². The standard InChI is InChI=1S/4C7H6O3.H4Si/c4*8-6-4-2-1-3-5(6)7(9)10;/h4*1-4,8H,(H,9,10);1H4. The van der Waals surface area contributed by atoms with Crippen LogP contribution in [0.5, 0.6) is 23.0 Å². The molecule has 216 valence electrons. The number of carboxylic acids is 4. The topological polar surface area (TPSA) is 230 Å². The number of aromatic hydroxyl groups is 4. The van der Waals surface area contributed by atoms with Gasteiger partial charge in [-0.2, -0.15) is 0 Å². The second-order valence-electron chi connectivity index (χ2n) is 7.29. The summed E-state index contributed by atoms with van der Waals surface area (Å²) < 4.78 is 0. The van der Waals surface area contributed by atoms with E-state index in [1.54, 1.807) is 48.5 Å². The largest absolute Gasteiger partial charge is 0.507 e. The second-order valence-corrected chi connectivity index (χ2v) is 7.29. The van der Waals surface area contributed by atoms with Gasteiger partial charge in [-0.1, -0.05) is 48.5 Å². The van der Waals surface area contributed by atoms with E-state index in [9.17, 15) is 19.2 Å². The van der Waals surface area contributed by atoms with Gasteiger partial charge in [-0.15, -0.1) is 0 Å². The quantitative estimate of drug-likeness (QED) is 0.162. The van der Waals surface area contributed by atoms with Gasteiger partial charge in [-0.3, -0.25) is 0 Å². The van der Waals surface area contributed by atoms with E-state index < -0.39 is 23.9 Å². The molecule has 0 saturated carbocycles. The molecule has 0 heterocycles. The lowest BCUT2D eigenvalue weighted by Gasteiger charge is -1.95. The highest BCUT2D eigenvalue weighted by atomic mass is 28.1. The van der Waals surface area contributed by atoms with E-state index in [2.05, 4.69) is 0 Å². The zero-order valence-electron chi connectivity index (χ0n) is 20.4. The number of carboxylic acid groups (broad SMARTS) is 4. The van der Waals surface area contributed by atoms with Gasteiger partial charge in [0.2, 0.25) is 0 Å². The van der Waals surface area contributed by atoms with Crippen LogP contribution in [0, 0.1) is 0 Å². The molecular formula is C28H28O12Si. The Kier molecular flexibility index (Phi) is 15.1. The molecule has 4 aromatic rings. The summed E-state index contributed by atoms with van der Waals surface area (Å²) >= 11 is 0. The minimum absolute atomic E-state index is 0. The molecule has 41 heavy (non-hydrogen) atoms. The van der Waals surface area contributed by atoms with Crippen molar-refractivity contribution in [3.8, 4) is 23.0 Å². The molecule has 0 radical (unpaired) electrons. The molecule has 0 fully saturated rings. The summed E-state index contributed by atoms with van der Waals surface area (Å²) in [4.78, 5) is 41.0. The number of aromatic carboxylic acids is 4. The van der Waals surface area contributed by atoms with Crippen molar-refractivity contribution in [1.82, 2.24) is 0 Å². The van der Waals surface area contributed by atoms with Gasteiger partial charge in [0.1, 0.15) is 45.3 Å². The van der Waals surface area contributed by atoms with Crippen LogP contribution in [-0.4, -0.2) is 75.7 Å². The molecule has 8 N–H and O–H groups in total. The van der Waals surface area contributed by atoms with Crippen LogP contribution in [0.4, 0.5) is 0 Å². The smallest absolute Gasteiger partial charge is 0.339 e. The average Bonchev–Trinajstić information content (AvgIpc) is 2.90. The Morgan fingerprint density at radius 3 is 0.585 bits per heavy atom. The molecular weight excluding hydrogens is 556 g/mol. The van der Waals surface area contributed by atoms with Crippen LogP contribution >= 0.6 is 0 Å². The summed E-state index contributed by atoms with van der Waals surface area (Å²) in [7, 11) is 0. The predicted octanol–water partition coefficient (Wildman–Crippen LogP) is 2.91. The number of rotatable bonds is 4. The minimum Gasteiger partial charge on any atom is -0.507 e. The van der Waals surface area contributed by atoms with Gasteiger partial charge < -0.3 is 40.9 Å². The number of phenols is 4. The molecule has 0 aliphatic carbocycles. The van der Waals surface area contributed by atoms with E-state index in [0.717, 1.165) is 0 Å². The van der Waals surface area contributed by atoms with Crippen molar-refractivity contribution in [3.05, 3.63) is 119 Å². The molecule has 0 unspecified atom stereocenters. The molecule has 0 bridgehead atoms. The fraction of sp³-hybridized carbons (Fsp3) is 0. The molecule has 4 rings (SSSR count). The Morgan fingerprint density at radius 1 is 0.341 bits per heavy atom. The van der Waals surface area contributed by atoms with Crippen molar-refractivity contribution >= 4 is 34.8 Å². The summed E-state index contributed by atoms with van der Waals surface area (Å²) in [6.45, 7) is 0. The lowest BCUT2D eigenvalue weighted by atomic mass is 10.2. The van der Waals surface area contributed by atoms with Crippen LogP contribution in [0.25, 0.3) is 0 Å². The first-order chi connectivity index (χ1) is 18.9. The normalized spacial score (nSPS) is 8.98. The summed E-state index contributed by atoms with van der Waals surface area (Å²) in [6, 6.07) is 23.2. The number of hydrogen-bond acceptors (Lipinski definition) is 8. The highest BCUT2D eigenvalue weighted by Gasteiger charge is 2.08. The first-order valence-corrected chi connectivity index (χ1v) is 10.9. The van der Waals surface area contributed by atoms with Crippen LogP contribution in [0.3, 0.4) is 0 Å². The van der Waals surface area contributed by atoms with Crippen LogP contribution in [0.1, 0.15) is 41.4 Å². The highest BCUT2D eigenvalue weighted by Crippen LogP contribution is 2.16. The fourth-order valence-electron chi connectivity index (χ4n) is 2.62. The molecule has 0 atom stereocenters. The van der Waals surface area contributed by atoms with E-state index in [0.29, 0.717) is 0 Å². The second kappa shape index (κ2) is 17.6. The third kappa shape index (κ3) is 12.1. The third-order valence-corrected chi connectivity index (χ3v) is 4.54. The van der Waals surface area contributed by atoms with Gasteiger partial charge in [0.25, 0.3) is 0 Å². The van der Waals surface area contributed by atoms with Gasteiger partial charge in [0.05, 0.1) is 0 Å². The van der Waals surface area contributed by atoms with Crippen LogP contribution in [0.15, 0.2) is 97.1 Å². The van der Waals surface area contributed by atoms with Crippen LogP contribution < -0.4 is 0 Å². The van der Waals surface area contributed by atoms with Crippen molar-refractivity contribution < 1.29 is 60.0 Å². The Labute approximate surface area is 237 Å². The number of para-hydroxylation sites is 4. The molecule has 0 saturated heterocycles. The first-order valence-electron chi connectivity index (χ1n) is 10.9. The highest BCUT2D eigenvalue weighted by molar-refractivity contribution is 5.92. The number of hydrogen-bond donors (Lipinski definition) is 8. The van der Waals surface area contributed by atoms with Gasteiger partial charge in [0.15, 0.2) is 0 Å². The van der Waals surface area contributed by atoms with Crippen molar-refractivity contribution in [2.45, 2.75) is 0 Å². The molecule has 0 aliphatic rings. The maximum absolute atomic E-state index is 10.3. The van der Waals surface area contributed by atoms with E-state index in [1.165, 1.54) is 48.5 Å². The number of carbonyl (C=O) groups is 4. The molecule has 4 aromatic carbocycles. The summed E-state index contributed by atoms with van der Waals surface area (Å²) in [5.41, 5.74) is -0.269. The molecule has 0 aromatic heterocycles. The Hall–Kier alpha value is -5.82. The zero-order valence-corrected chi connectivity index (χ0v) is 20.4. The first kappa shape index (κ1) is 35.2. The van der Waals surface area contributed by atoms with Crippen molar-refractivity contribution in [2.75, 3.05) is 0 Å². The van der Waals surface area contributed by atoms with E-state index >= 15 is 0 Å². The summed E-state index contributed by atoms with van der Waals surface area (Å²) in [5, 5.41) is 69.2. The maximum atomic E-state index is 10.3. The number of benzene rings is 4. The predicted molar refractivity (Wildman–Crippen MR) is 152 cm³/mol. The van der Waals surface area contributed by atoms with Gasteiger partial charge >= 0.3 is 23.9 Å². The third-order valence-electron chi connectivity index (χ3n) is 4.54. The Bertz CT molecular complexity index is 1250. The Morgan fingerprint density at radius 2 is 0.488 bits per heavy atom. The average molecular weight is 585 g/mol. The minimum atomic E-state index is -1.11. The SMILES string of the molecule is O=C(O)c1ccccc1O.O=C(O)c1ccccc1O.O=C(O)c1ccccc1O.O=C(O)c1ccccc1O.[SiH4]. The molecule has 0 spiro atoms. The Balaban J connectivity index is 0.000000516. The van der Waals surface area contributed by atoms with E-state index in [-0.39, 0.29) is 56.2 Å². The summed E-state index contributed by atoms with van der Waals surface area (Å²) in [5.74, 6) is -5.25. The summed E-state index contributed by atoms with van der Waals surface area (Å²) in [6.07, 6.45) is 0. The lowest BCUT2D eigenvalue weighted by Crippen LogP contribution is -1.95. The van der Waals surface area contributed by atoms with Gasteiger partial charge in [-0.05, 0) is 59.5 Å². The molecule has 0 aliphatic heterocycles. The zero-order chi connectivity index (χ0) is 30.2. The monoisotopic (exact) mass is 584 g/mol.